The third-order valence-corrected chi connectivity index (χ3v) is 4.33. The second-order valence-electron chi connectivity index (χ2n) is 4.85. The highest BCUT2D eigenvalue weighted by molar-refractivity contribution is 6.11. The maximum atomic E-state index is 5.97. The molecule has 2 unspecified atom stereocenters. The molecular formula is C10H17BO4. The van der Waals surface area contributed by atoms with Crippen molar-refractivity contribution < 1.29 is 18.9 Å². The summed E-state index contributed by atoms with van der Waals surface area (Å²) in [6.45, 7) is 1.50. The van der Waals surface area contributed by atoms with Gasteiger partial charge in [0.1, 0.15) is 7.85 Å². The molecule has 3 aliphatic rings. The van der Waals surface area contributed by atoms with Crippen LogP contribution in [0.4, 0.5) is 0 Å². The van der Waals surface area contributed by atoms with Gasteiger partial charge in [0, 0.05) is 20.8 Å². The summed E-state index contributed by atoms with van der Waals surface area (Å²) in [5.74, 6) is -0.0671. The highest BCUT2D eigenvalue weighted by Gasteiger charge is 2.86. The summed E-state index contributed by atoms with van der Waals surface area (Å²) in [6.07, 6.45) is 1.16. The maximum Gasteiger partial charge on any atom is 0.182 e. The second-order valence-corrected chi connectivity index (χ2v) is 4.85. The molecule has 0 aromatic heterocycles. The van der Waals surface area contributed by atoms with Crippen molar-refractivity contribution in [2.45, 2.75) is 24.3 Å². The van der Waals surface area contributed by atoms with Gasteiger partial charge in [-0.2, -0.15) is 0 Å². The van der Waals surface area contributed by atoms with Crippen LogP contribution in [0.25, 0.3) is 0 Å². The Kier molecular flexibility index (Phi) is 2.00. The molecule has 0 aromatic rings. The van der Waals surface area contributed by atoms with E-state index in [2.05, 4.69) is 7.85 Å². The molecule has 1 saturated carbocycles. The Morgan fingerprint density at radius 2 is 2.27 bits per heavy atom. The topological polar surface area (TPSA) is 36.9 Å². The molecule has 0 N–H and O–H groups in total. The van der Waals surface area contributed by atoms with Crippen molar-refractivity contribution >= 4 is 7.85 Å². The number of rotatable bonds is 3. The van der Waals surface area contributed by atoms with Crippen LogP contribution in [-0.4, -0.2) is 53.2 Å². The van der Waals surface area contributed by atoms with E-state index in [-0.39, 0.29) is 17.5 Å². The zero-order valence-electron chi connectivity index (χ0n) is 9.49. The van der Waals surface area contributed by atoms with Gasteiger partial charge in [-0.3, -0.25) is 0 Å². The van der Waals surface area contributed by atoms with Crippen molar-refractivity contribution in [1.29, 1.82) is 0 Å². The van der Waals surface area contributed by atoms with E-state index in [0.717, 1.165) is 13.0 Å². The van der Waals surface area contributed by atoms with Gasteiger partial charge in [-0.1, -0.05) is 0 Å². The smallest absolute Gasteiger partial charge is 0.182 e. The molecule has 3 fully saturated rings. The predicted molar refractivity (Wildman–Crippen MR) is 55.3 cm³/mol. The molecular weight excluding hydrogens is 195 g/mol. The minimum atomic E-state index is -0.427. The van der Waals surface area contributed by atoms with E-state index >= 15 is 0 Å². The van der Waals surface area contributed by atoms with Gasteiger partial charge in [-0.25, -0.2) is 0 Å². The lowest BCUT2D eigenvalue weighted by molar-refractivity contribution is -0.198. The minimum absolute atomic E-state index is 0.0475. The van der Waals surface area contributed by atoms with Crippen LogP contribution in [0.5, 0.6) is 0 Å². The number of methoxy groups -OCH3 is 2. The van der Waals surface area contributed by atoms with Crippen LogP contribution in [0.3, 0.4) is 0 Å². The largest absolute Gasteiger partial charge is 0.384 e. The normalized spacial score (nSPS) is 56.5. The fraction of sp³-hybridized carbons (Fsp3) is 1.00. The number of hydrogen-bond acceptors (Lipinski definition) is 4. The Balaban J connectivity index is 1.93. The first-order valence-corrected chi connectivity index (χ1v) is 5.55. The van der Waals surface area contributed by atoms with E-state index in [0.29, 0.717) is 12.5 Å². The molecule has 1 aliphatic carbocycles. The fourth-order valence-electron chi connectivity index (χ4n) is 3.73. The Bertz CT molecular complexity index is 279. The van der Waals surface area contributed by atoms with Gasteiger partial charge in [0.15, 0.2) is 5.79 Å². The molecule has 2 aliphatic heterocycles. The Labute approximate surface area is 90.6 Å². The van der Waals surface area contributed by atoms with Gasteiger partial charge in [0.05, 0.1) is 30.0 Å². The second kappa shape index (κ2) is 2.97. The summed E-state index contributed by atoms with van der Waals surface area (Å²) >= 11 is 0. The van der Waals surface area contributed by atoms with Crippen molar-refractivity contribution in [1.82, 2.24) is 0 Å². The molecule has 5 heteroatoms. The first-order valence-electron chi connectivity index (χ1n) is 5.55. The molecule has 0 bridgehead atoms. The van der Waals surface area contributed by atoms with Crippen molar-refractivity contribution in [3.8, 4) is 0 Å². The molecule has 2 saturated heterocycles. The van der Waals surface area contributed by atoms with E-state index in [4.69, 9.17) is 18.9 Å². The van der Waals surface area contributed by atoms with Crippen LogP contribution in [-0.2, 0) is 18.9 Å². The standard InChI is InChI=1S/C10H17BO4/c1-12-5-9-3-4-14-6-7(9)10(9,13-2)15-8(6)11/h6-8H,3-5,11H2,1-2H3/t6-,7?,8+,9+,10?/m0/s1. The molecule has 0 spiro atoms. The monoisotopic (exact) mass is 212 g/mol. The lowest BCUT2D eigenvalue weighted by Gasteiger charge is -2.34. The quantitative estimate of drug-likeness (QED) is 0.583. The van der Waals surface area contributed by atoms with Crippen LogP contribution in [0, 0.1) is 11.3 Å². The summed E-state index contributed by atoms with van der Waals surface area (Å²) in [4.78, 5) is 0. The van der Waals surface area contributed by atoms with Gasteiger partial charge in [-0.05, 0) is 6.42 Å². The lowest BCUT2D eigenvalue weighted by atomic mass is 9.85. The van der Waals surface area contributed by atoms with Gasteiger partial charge in [-0.15, -0.1) is 0 Å². The lowest BCUT2D eigenvalue weighted by Crippen LogP contribution is -2.42. The van der Waals surface area contributed by atoms with Crippen LogP contribution in [0.2, 0.25) is 0 Å². The van der Waals surface area contributed by atoms with Gasteiger partial charge >= 0.3 is 0 Å². The van der Waals surface area contributed by atoms with E-state index in [1.54, 1.807) is 14.2 Å². The summed E-state index contributed by atoms with van der Waals surface area (Å²) in [7, 11) is 5.52. The molecule has 0 amide bonds. The average molecular weight is 212 g/mol. The van der Waals surface area contributed by atoms with Crippen LogP contribution < -0.4 is 0 Å². The van der Waals surface area contributed by atoms with Crippen molar-refractivity contribution in [3.63, 3.8) is 0 Å². The van der Waals surface area contributed by atoms with E-state index in [9.17, 15) is 0 Å². The third kappa shape index (κ3) is 0.935. The zero-order chi connectivity index (χ0) is 10.7. The van der Waals surface area contributed by atoms with E-state index in [1.807, 2.05) is 0 Å². The van der Waals surface area contributed by atoms with Crippen molar-refractivity contribution in [2.75, 3.05) is 27.4 Å². The molecule has 2 heterocycles. The fourth-order valence-corrected chi connectivity index (χ4v) is 3.73. The molecule has 0 radical (unpaired) electrons. The summed E-state index contributed by atoms with van der Waals surface area (Å²) in [5, 5.41) is 0. The van der Waals surface area contributed by atoms with Crippen molar-refractivity contribution in [2.24, 2.45) is 11.3 Å². The van der Waals surface area contributed by atoms with E-state index in [1.165, 1.54) is 0 Å². The van der Waals surface area contributed by atoms with Gasteiger partial charge in [0.25, 0.3) is 0 Å². The highest BCUT2D eigenvalue weighted by atomic mass is 16.7. The molecule has 3 rings (SSSR count). The van der Waals surface area contributed by atoms with Gasteiger partial charge in [0.2, 0.25) is 0 Å². The highest BCUT2D eigenvalue weighted by Crippen LogP contribution is 2.74. The first kappa shape index (κ1) is 10.1. The summed E-state index contributed by atoms with van der Waals surface area (Å²) in [5.41, 5.74) is 0.0475. The van der Waals surface area contributed by atoms with Gasteiger partial charge < -0.3 is 18.9 Å². The van der Waals surface area contributed by atoms with Crippen molar-refractivity contribution in [3.05, 3.63) is 0 Å². The Morgan fingerprint density at radius 3 is 2.93 bits per heavy atom. The summed E-state index contributed by atoms with van der Waals surface area (Å²) < 4.78 is 22.7. The molecule has 4 nitrogen and oxygen atoms in total. The summed E-state index contributed by atoms with van der Waals surface area (Å²) in [6, 6.07) is 0.139. The number of hydrogen-bond donors (Lipinski definition) is 0. The predicted octanol–water partition coefficient (Wildman–Crippen LogP) is -0.630. The van der Waals surface area contributed by atoms with Crippen LogP contribution >= 0.6 is 0 Å². The Hall–Kier alpha value is -0.0951. The average Bonchev–Trinajstić information content (AvgIpc) is 2.65. The first-order chi connectivity index (χ1) is 7.22. The van der Waals surface area contributed by atoms with Crippen LogP contribution in [0.15, 0.2) is 0 Å². The van der Waals surface area contributed by atoms with Crippen LogP contribution in [0.1, 0.15) is 6.42 Å². The Morgan fingerprint density at radius 1 is 1.47 bits per heavy atom. The molecule has 84 valence electrons. The molecule has 15 heavy (non-hydrogen) atoms. The van der Waals surface area contributed by atoms with E-state index < -0.39 is 5.79 Å². The third-order valence-electron chi connectivity index (χ3n) is 4.33. The minimum Gasteiger partial charge on any atom is -0.384 e. The SMILES string of the molecule is B[C@@H]1OC2(OC)C3[C@@H]1OCC[C@@]32COC. The zero-order valence-corrected chi connectivity index (χ0v) is 9.49. The number of ether oxygens (including phenoxy) is 4. The number of fused-ring (bicyclic) bond motifs is 1. The molecule has 0 aromatic carbocycles. The molecule has 5 atom stereocenters. The maximum absolute atomic E-state index is 5.97.